The molecule has 1 atom stereocenters. The van der Waals surface area contributed by atoms with Crippen LogP contribution < -0.4 is 9.64 Å². The van der Waals surface area contributed by atoms with Crippen LogP contribution in [-0.4, -0.2) is 61.9 Å². The van der Waals surface area contributed by atoms with E-state index in [1.54, 1.807) is 12.4 Å². The summed E-state index contributed by atoms with van der Waals surface area (Å²) in [5, 5.41) is 0. The number of hydrogen-bond acceptors (Lipinski definition) is 5. The summed E-state index contributed by atoms with van der Waals surface area (Å²) in [5.74, 6) is 0.803. The molecular formula is C20H25N3O2. The van der Waals surface area contributed by atoms with Crippen molar-refractivity contribution in [2.75, 3.05) is 50.8 Å². The Bertz CT molecular complexity index is 680. The average molecular weight is 339 g/mol. The van der Waals surface area contributed by atoms with Gasteiger partial charge in [0.2, 0.25) is 0 Å². The van der Waals surface area contributed by atoms with E-state index in [0.29, 0.717) is 6.61 Å². The molecular weight excluding hydrogens is 314 g/mol. The fourth-order valence-corrected chi connectivity index (χ4v) is 3.61. The van der Waals surface area contributed by atoms with Gasteiger partial charge < -0.3 is 14.4 Å². The summed E-state index contributed by atoms with van der Waals surface area (Å²) in [6.45, 7) is 6.56. The number of rotatable bonds is 6. The van der Waals surface area contributed by atoms with E-state index in [1.165, 1.54) is 17.7 Å². The molecule has 25 heavy (non-hydrogen) atoms. The smallest absolute Gasteiger partial charge is 0.137 e. The van der Waals surface area contributed by atoms with Crippen LogP contribution in [0.3, 0.4) is 0 Å². The highest BCUT2D eigenvalue weighted by Gasteiger charge is 2.23. The molecule has 5 heteroatoms. The van der Waals surface area contributed by atoms with E-state index in [1.807, 2.05) is 12.1 Å². The number of fused-ring (bicyclic) bond motifs is 1. The summed E-state index contributed by atoms with van der Waals surface area (Å²) >= 11 is 0. The van der Waals surface area contributed by atoms with Crippen LogP contribution >= 0.6 is 0 Å². The van der Waals surface area contributed by atoms with Gasteiger partial charge in [0, 0.05) is 44.6 Å². The molecule has 2 aliphatic heterocycles. The van der Waals surface area contributed by atoms with Crippen molar-refractivity contribution in [3.05, 3.63) is 54.4 Å². The number of pyridine rings is 1. The zero-order chi connectivity index (χ0) is 16.9. The fraction of sp³-hybridized carbons (Fsp3) is 0.450. The van der Waals surface area contributed by atoms with Gasteiger partial charge in [0.1, 0.15) is 18.5 Å². The molecule has 0 unspecified atom stereocenters. The minimum Gasteiger partial charge on any atom is -0.489 e. The molecule has 0 N–H and O–H groups in total. The molecule has 2 aliphatic rings. The predicted molar refractivity (Wildman–Crippen MR) is 98.3 cm³/mol. The van der Waals surface area contributed by atoms with Crippen LogP contribution in [0.2, 0.25) is 0 Å². The molecule has 3 heterocycles. The number of para-hydroxylation sites is 1. The van der Waals surface area contributed by atoms with Crippen molar-refractivity contribution in [3.63, 3.8) is 0 Å². The third kappa shape index (κ3) is 4.11. The lowest BCUT2D eigenvalue weighted by Crippen LogP contribution is -2.47. The third-order valence-corrected chi connectivity index (χ3v) is 4.96. The van der Waals surface area contributed by atoms with E-state index in [9.17, 15) is 0 Å². The highest BCUT2D eigenvalue weighted by molar-refractivity contribution is 5.57. The maximum Gasteiger partial charge on any atom is 0.137 e. The van der Waals surface area contributed by atoms with Gasteiger partial charge in [-0.2, -0.15) is 0 Å². The van der Waals surface area contributed by atoms with Gasteiger partial charge in [0.05, 0.1) is 12.8 Å². The predicted octanol–water partition coefficient (Wildman–Crippen LogP) is 2.22. The molecule has 1 saturated heterocycles. The van der Waals surface area contributed by atoms with E-state index in [4.69, 9.17) is 9.47 Å². The first-order valence-corrected chi connectivity index (χ1v) is 9.08. The first-order valence-electron chi connectivity index (χ1n) is 9.08. The number of aromatic nitrogens is 1. The van der Waals surface area contributed by atoms with E-state index in [-0.39, 0.29) is 6.10 Å². The number of morpholine rings is 1. The lowest BCUT2D eigenvalue weighted by atomic mass is 10.2. The van der Waals surface area contributed by atoms with Crippen molar-refractivity contribution in [2.45, 2.75) is 12.5 Å². The number of nitrogens with zero attached hydrogens (tertiary/aromatic N) is 3. The zero-order valence-electron chi connectivity index (χ0n) is 14.5. The monoisotopic (exact) mass is 339 g/mol. The first kappa shape index (κ1) is 16.4. The Morgan fingerprint density at radius 3 is 3.00 bits per heavy atom. The van der Waals surface area contributed by atoms with Crippen molar-refractivity contribution in [3.8, 4) is 5.75 Å². The molecule has 0 aliphatic carbocycles. The number of anilines is 1. The Kier molecular flexibility index (Phi) is 5.14. The molecule has 1 aromatic heterocycles. The number of ether oxygens (including phenoxy) is 2. The normalized spacial score (nSPS) is 20.5. The molecule has 0 spiro atoms. The first-order chi connectivity index (χ1) is 12.4. The molecule has 0 saturated carbocycles. The van der Waals surface area contributed by atoms with Crippen molar-refractivity contribution >= 4 is 5.69 Å². The topological polar surface area (TPSA) is 37.8 Å². The van der Waals surface area contributed by atoms with Crippen molar-refractivity contribution < 1.29 is 9.47 Å². The maximum atomic E-state index is 5.86. The summed E-state index contributed by atoms with van der Waals surface area (Å²) < 4.78 is 11.7. The van der Waals surface area contributed by atoms with Crippen LogP contribution in [0.25, 0.3) is 0 Å². The minimum absolute atomic E-state index is 0.125. The van der Waals surface area contributed by atoms with Crippen molar-refractivity contribution in [1.82, 2.24) is 9.88 Å². The zero-order valence-corrected chi connectivity index (χ0v) is 14.5. The lowest BCUT2D eigenvalue weighted by Gasteiger charge is -2.34. The highest BCUT2D eigenvalue weighted by Crippen LogP contribution is 2.27. The Labute approximate surface area is 149 Å². The van der Waals surface area contributed by atoms with Gasteiger partial charge in [0.25, 0.3) is 0 Å². The summed E-state index contributed by atoms with van der Waals surface area (Å²) in [5.41, 5.74) is 2.89. The minimum atomic E-state index is 0.125. The highest BCUT2D eigenvalue weighted by atomic mass is 16.5. The van der Waals surface area contributed by atoms with Gasteiger partial charge in [0.15, 0.2) is 0 Å². The molecule has 0 radical (unpaired) electrons. The Hall–Kier alpha value is -2.11. The van der Waals surface area contributed by atoms with Crippen LogP contribution in [0.1, 0.15) is 5.56 Å². The quantitative estimate of drug-likeness (QED) is 0.807. The summed E-state index contributed by atoms with van der Waals surface area (Å²) in [4.78, 5) is 9.07. The van der Waals surface area contributed by atoms with E-state index >= 15 is 0 Å². The van der Waals surface area contributed by atoms with Crippen LogP contribution in [-0.2, 0) is 11.2 Å². The molecule has 1 fully saturated rings. The van der Waals surface area contributed by atoms with Gasteiger partial charge in [-0.1, -0.05) is 18.2 Å². The van der Waals surface area contributed by atoms with Crippen LogP contribution in [0.5, 0.6) is 5.75 Å². The number of benzene rings is 1. The lowest BCUT2D eigenvalue weighted by molar-refractivity contribution is -0.0471. The fourth-order valence-electron chi connectivity index (χ4n) is 3.61. The molecule has 132 valence electrons. The van der Waals surface area contributed by atoms with Crippen LogP contribution in [0, 0.1) is 0 Å². The van der Waals surface area contributed by atoms with E-state index < -0.39 is 0 Å². The van der Waals surface area contributed by atoms with Gasteiger partial charge in [-0.25, -0.2) is 0 Å². The van der Waals surface area contributed by atoms with Gasteiger partial charge >= 0.3 is 0 Å². The van der Waals surface area contributed by atoms with Crippen LogP contribution in [0.4, 0.5) is 5.69 Å². The molecule has 5 nitrogen and oxygen atoms in total. The van der Waals surface area contributed by atoms with Crippen LogP contribution in [0.15, 0.2) is 48.8 Å². The molecule has 4 rings (SSSR count). The Balaban J connectivity index is 1.25. The Morgan fingerprint density at radius 1 is 1.12 bits per heavy atom. The maximum absolute atomic E-state index is 5.86. The Morgan fingerprint density at radius 2 is 2.08 bits per heavy atom. The summed E-state index contributed by atoms with van der Waals surface area (Å²) in [6.07, 6.45) is 4.79. The van der Waals surface area contributed by atoms with Crippen molar-refractivity contribution in [2.24, 2.45) is 0 Å². The third-order valence-electron chi connectivity index (χ3n) is 4.96. The summed E-state index contributed by atoms with van der Waals surface area (Å²) in [7, 11) is 0. The van der Waals surface area contributed by atoms with Gasteiger partial charge in [-0.15, -0.1) is 0 Å². The summed E-state index contributed by atoms with van der Waals surface area (Å²) in [6, 6.07) is 12.6. The second-order valence-electron chi connectivity index (χ2n) is 6.66. The van der Waals surface area contributed by atoms with Crippen molar-refractivity contribution in [1.29, 1.82) is 0 Å². The van der Waals surface area contributed by atoms with Gasteiger partial charge in [-0.05, 0) is 30.2 Å². The number of hydrogen-bond donors (Lipinski definition) is 0. The standard InChI is InChI=1S/C20H25N3O2/c1-2-6-20-17(4-1)7-9-23(20)11-10-22-12-13-24-19(15-22)16-25-18-5-3-8-21-14-18/h1-6,8,14,19H,7,9-13,15-16H2/t19-/m1/s1. The largest absolute Gasteiger partial charge is 0.489 e. The molecule has 0 amide bonds. The average Bonchev–Trinajstić information content (AvgIpc) is 3.09. The van der Waals surface area contributed by atoms with E-state index in [0.717, 1.165) is 45.1 Å². The molecule has 0 bridgehead atoms. The SMILES string of the molecule is c1cncc(OC[C@H]2CN(CCN3CCc4ccccc43)CCO2)c1. The second-order valence-corrected chi connectivity index (χ2v) is 6.66. The second kappa shape index (κ2) is 7.85. The van der Waals surface area contributed by atoms with E-state index in [2.05, 4.69) is 39.0 Å². The molecule has 2 aromatic rings. The van der Waals surface area contributed by atoms with Gasteiger partial charge in [-0.3, -0.25) is 9.88 Å². The molecule has 1 aromatic carbocycles.